The first-order valence-electron chi connectivity index (χ1n) is 21.7. The molecular weight excluding hydrogens is 813 g/mol. The number of benzene rings is 4. The van der Waals surface area contributed by atoms with Crippen molar-refractivity contribution in [2.75, 3.05) is 63.2 Å². The van der Waals surface area contributed by atoms with E-state index < -0.39 is 23.4 Å². The van der Waals surface area contributed by atoms with Crippen molar-refractivity contribution < 1.29 is 38.0 Å². The first-order chi connectivity index (χ1) is 30.7. The zero-order valence-electron chi connectivity index (χ0n) is 37.5. The number of hydrogen-bond donors (Lipinski definition) is 2. The van der Waals surface area contributed by atoms with Gasteiger partial charge in [-0.1, -0.05) is 60.7 Å². The fourth-order valence-corrected chi connectivity index (χ4v) is 7.09. The quantitative estimate of drug-likeness (QED) is 0.164. The molecule has 0 saturated carbocycles. The van der Waals surface area contributed by atoms with Crippen molar-refractivity contribution in [3.05, 3.63) is 121 Å². The predicted octanol–water partition coefficient (Wildman–Crippen LogP) is 9.71. The van der Waals surface area contributed by atoms with Gasteiger partial charge in [0.25, 0.3) is 0 Å². The number of carbonyl (C=O) groups is 2. The Balaban J connectivity index is 1.07. The zero-order chi connectivity index (χ0) is 45.1. The molecule has 0 unspecified atom stereocenters. The number of anilines is 2. The Morgan fingerprint density at radius 2 is 0.844 bits per heavy atom. The van der Waals surface area contributed by atoms with E-state index in [-0.39, 0.29) is 0 Å². The Morgan fingerprint density at radius 1 is 0.500 bits per heavy atom. The summed E-state index contributed by atoms with van der Waals surface area (Å²) in [5, 5.41) is 7.55. The monoisotopic (exact) mass is 870 g/mol. The van der Waals surface area contributed by atoms with Gasteiger partial charge in [0.05, 0.1) is 33.8 Å². The van der Waals surface area contributed by atoms with E-state index in [9.17, 15) is 9.59 Å². The fourth-order valence-electron chi connectivity index (χ4n) is 7.09. The number of para-hydroxylation sites is 6. The average Bonchev–Trinajstić information content (AvgIpc) is 3.23. The van der Waals surface area contributed by atoms with E-state index in [1.54, 1.807) is 0 Å². The molecule has 0 radical (unpaired) electrons. The third kappa shape index (κ3) is 13.2. The molecule has 14 nitrogen and oxygen atoms in total. The van der Waals surface area contributed by atoms with E-state index in [2.05, 4.69) is 20.4 Å². The minimum Gasteiger partial charge on any atom is -0.488 e. The smallest absolute Gasteiger partial charge is 0.412 e. The van der Waals surface area contributed by atoms with Crippen LogP contribution in [0.2, 0.25) is 0 Å². The lowest BCUT2D eigenvalue weighted by molar-refractivity contribution is 0.0624. The average molecular weight is 871 g/mol. The molecule has 0 atom stereocenters. The molecule has 2 aromatic heterocycles. The number of rotatable bonds is 6. The molecule has 0 bridgehead atoms. The van der Waals surface area contributed by atoms with Gasteiger partial charge in [-0.25, -0.2) is 19.6 Å². The number of nitrogens with one attached hydrogen (secondary N) is 2. The molecule has 336 valence electrons. The van der Waals surface area contributed by atoms with Gasteiger partial charge >= 0.3 is 12.2 Å². The lowest BCUT2D eigenvalue weighted by Gasteiger charge is -2.25. The van der Waals surface area contributed by atoms with Gasteiger partial charge in [0.2, 0.25) is 0 Å². The van der Waals surface area contributed by atoms with Gasteiger partial charge in [-0.15, -0.1) is 0 Å². The van der Waals surface area contributed by atoms with Crippen molar-refractivity contribution in [1.29, 1.82) is 0 Å². The number of hydrogen-bond acceptors (Lipinski definition) is 12. The maximum atomic E-state index is 12.7. The van der Waals surface area contributed by atoms with Gasteiger partial charge in [0.15, 0.2) is 23.0 Å². The summed E-state index contributed by atoms with van der Waals surface area (Å²) in [6, 6.07) is 34.7. The number of nitrogens with zero attached hydrogens (tertiary/aromatic N) is 4. The van der Waals surface area contributed by atoms with Gasteiger partial charge in [0, 0.05) is 50.0 Å². The maximum absolute atomic E-state index is 12.7. The second-order valence-electron chi connectivity index (χ2n) is 17.5. The topological polar surface area (TPSA) is 146 Å². The highest BCUT2D eigenvalue weighted by Gasteiger charge is 2.20. The van der Waals surface area contributed by atoms with E-state index in [0.717, 1.165) is 22.2 Å². The second kappa shape index (κ2) is 20.7. The van der Waals surface area contributed by atoms with E-state index in [1.165, 1.54) is 0 Å². The first-order valence-corrected chi connectivity index (χ1v) is 21.7. The number of amides is 2. The van der Waals surface area contributed by atoms with Crippen molar-refractivity contribution in [1.82, 2.24) is 19.8 Å². The van der Waals surface area contributed by atoms with Crippen molar-refractivity contribution in [2.45, 2.75) is 65.8 Å². The summed E-state index contributed by atoms with van der Waals surface area (Å²) in [4.78, 5) is 39.9. The van der Waals surface area contributed by atoms with Crippen LogP contribution in [0, 0.1) is 0 Å². The molecule has 6 aromatic rings. The minimum atomic E-state index is -0.636. The van der Waals surface area contributed by atoms with Crippen LogP contribution < -0.4 is 29.6 Å². The number of ether oxygens (including phenoxy) is 6. The first kappa shape index (κ1) is 45.4. The molecule has 2 amide bonds. The van der Waals surface area contributed by atoms with Crippen LogP contribution in [0.1, 0.15) is 52.9 Å². The van der Waals surface area contributed by atoms with Gasteiger partial charge in [0.1, 0.15) is 37.6 Å². The summed E-state index contributed by atoms with van der Waals surface area (Å²) in [6.45, 7) is 15.8. The number of pyridine rings is 2. The minimum absolute atomic E-state index is 0.379. The molecule has 2 N–H and O–H groups in total. The van der Waals surface area contributed by atoms with Crippen LogP contribution >= 0.6 is 0 Å². The molecule has 0 fully saturated rings. The molecule has 1 aliphatic rings. The van der Waals surface area contributed by atoms with Crippen LogP contribution in [-0.2, 0) is 22.6 Å². The van der Waals surface area contributed by atoms with Gasteiger partial charge in [-0.2, -0.15) is 0 Å². The Bertz CT molecular complexity index is 2300. The second-order valence-corrected chi connectivity index (χ2v) is 17.5. The van der Waals surface area contributed by atoms with Crippen LogP contribution in [0.4, 0.5) is 21.0 Å². The number of aromatic nitrogens is 2. The van der Waals surface area contributed by atoms with Crippen LogP contribution in [0.5, 0.6) is 23.0 Å². The molecule has 1 aliphatic heterocycles. The summed E-state index contributed by atoms with van der Waals surface area (Å²) in [5.74, 6) is 2.58. The van der Waals surface area contributed by atoms with E-state index in [4.69, 9.17) is 38.4 Å². The van der Waals surface area contributed by atoms with Gasteiger partial charge < -0.3 is 28.4 Å². The Hall–Kier alpha value is -6.64. The Labute approximate surface area is 374 Å². The summed E-state index contributed by atoms with van der Waals surface area (Å²) in [6.07, 6.45) is -1.08. The van der Waals surface area contributed by atoms with E-state index in [1.807, 2.05) is 151 Å². The third-order valence-electron chi connectivity index (χ3n) is 9.96. The van der Waals surface area contributed by atoms with Crippen LogP contribution in [-0.4, -0.2) is 95.8 Å². The molecule has 0 aliphatic carbocycles. The lowest BCUT2D eigenvalue weighted by atomic mass is 10.1. The predicted molar refractivity (Wildman–Crippen MR) is 249 cm³/mol. The molecular formula is C50H58N6O8. The van der Waals surface area contributed by atoms with Crippen molar-refractivity contribution in [2.24, 2.45) is 0 Å². The molecule has 0 spiro atoms. The SMILES string of the molecule is CC(C)(C)OC(=O)Nc1cccc2ccc(CN3CCOc4ccccc4OCCN(Cc4ccc5cccc(NC(=O)OC(C)(C)C)c5n4)CCOc4ccccc4OCC3)nc12. The molecule has 7 rings (SSSR count). The fraction of sp³-hybridized carbons (Fsp3) is 0.360. The van der Waals surface area contributed by atoms with Gasteiger partial charge in [-0.05, 0) is 90.1 Å². The highest BCUT2D eigenvalue weighted by Crippen LogP contribution is 2.29. The molecule has 14 heteroatoms. The van der Waals surface area contributed by atoms with Crippen molar-refractivity contribution in [3.8, 4) is 23.0 Å². The van der Waals surface area contributed by atoms with E-state index >= 15 is 0 Å². The zero-order valence-corrected chi connectivity index (χ0v) is 37.5. The summed E-state index contributed by atoms with van der Waals surface area (Å²) < 4.78 is 36.6. The molecule has 4 aromatic carbocycles. The summed E-state index contributed by atoms with van der Waals surface area (Å²) >= 11 is 0. The number of carbonyl (C=O) groups excluding carboxylic acids is 2. The lowest BCUT2D eigenvalue weighted by Crippen LogP contribution is -2.33. The molecule has 0 saturated heterocycles. The van der Waals surface area contributed by atoms with Gasteiger partial charge in [-0.3, -0.25) is 20.4 Å². The van der Waals surface area contributed by atoms with Crippen LogP contribution in [0.3, 0.4) is 0 Å². The maximum Gasteiger partial charge on any atom is 0.412 e. The molecule has 64 heavy (non-hydrogen) atoms. The Kier molecular flexibility index (Phi) is 14.7. The summed E-state index contributed by atoms with van der Waals surface area (Å²) in [7, 11) is 0. The van der Waals surface area contributed by atoms with Crippen molar-refractivity contribution >= 4 is 45.4 Å². The Morgan fingerprint density at radius 3 is 1.17 bits per heavy atom. The normalized spacial score (nSPS) is 14.8. The van der Waals surface area contributed by atoms with E-state index in [0.29, 0.717) is 111 Å². The van der Waals surface area contributed by atoms with Crippen LogP contribution in [0.15, 0.2) is 109 Å². The largest absolute Gasteiger partial charge is 0.488 e. The standard InChI is InChI=1S/C50H58N6O8/c1-49(2,3)63-47(57)53-39-15-11-13-35-21-23-37(51-45(35)39)33-55-25-29-59-41-17-7-9-19-43(41)61-31-27-56(28-32-62-44-20-10-8-18-42(44)60-30-26-55)34-38-24-22-36-14-12-16-40(46(36)52-38)54-48(58)64-50(4,5)6/h7-24H,25-34H2,1-6H3,(H,53,57)(H,54,58). The van der Waals surface area contributed by atoms with Crippen molar-refractivity contribution in [3.63, 3.8) is 0 Å². The number of fused-ring (bicyclic) bond motifs is 4. The van der Waals surface area contributed by atoms with Crippen LogP contribution in [0.25, 0.3) is 21.8 Å². The third-order valence-corrected chi connectivity index (χ3v) is 9.96. The highest BCUT2D eigenvalue weighted by atomic mass is 16.6. The summed E-state index contributed by atoms with van der Waals surface area (Å²) in [5.41, 5.74) is 2.86. The highest BCUT2D eigenvalue weighted by molar-refractivity contribution is 5.99. The molecule has 3 heterocycles.